The standard InChI is InChI=1S/C25H31N5O2.ClH/c26-25(29-27-17-19-9-13-23(14-10-19)31-21-5-1-2-6-21)30-28-18-20-11-15-24(16-12-20)32-22-7-3-4-8-22;/h9-18,21-22H,1-8H2,(H3,26,29,30);1H. The van der Waals surface area contributed by atoms with Gasteiger partial charge in [-0.15, -0.1) is 17.5 Å². The van der Waals surface area contributed by atoms with E-state index in [4.69, 9.17) is 15.2 Å². The van der Waals surface area contributed by atoms with Crippen molar-refractivity contribution in [3.63, 3.8) is 0 Å². The Kier molecular flexibility index (Phi) is 9.57. The first-order valence-electron chi connectivity index (χ1n) is 11.4. The Morgan fingerprint density at radius 3 is 1.70 bits per heavy atom. The molecule has 0 atom stereocenters. The van der Waals surface area contributed by atoms with Gasteiger partial charge in [0.2, 0.25) is 5.96 Å². The van der Waals surface area contributed by atoms with Crippen molar-refractivity contribution in [3.8, 4) is 11.5 Å². The lowest BCUT2D eigenvalue weighted by atomic mass is 10.2. The summed E-state index contributed by atoms with van der Waals surface area (Å²) in [5, 5.41) is 12.0. The fourth-order valence-electron chi connectivity index (χ4n) is 4.02. The summed E-state index contributed by atoms with van der Waals surface area (Å²) in [6, 6.07) is 15.7. The molecule has 0 spiro atoms. The van der Waals surface area contributed by atoms with Crippen LogP contribution in [0.3, 0.4) is 0 Å². The Labute approximate surface area is 201 Å². The van der Waals surface area contributed by atoms with Crippen LogP contribution in [-0.4, -0.2) is 30.6 Å². The molecule has 2 aromatic rings. The third-order valence-electron chi connectivity index (χ3n) is 5.74. The Hall–Kier alpha value is -3.06. The molecule has 0 bridgehead atoms. The maximum atomic E-state index is 5.97. The monoisotopic (exact) mass is 469 g/mol. The van der Waals surface area contributed by atoms with Crippen LogP contribution in [0.4, 0.5) is 0 Å². The predicted octanol–water partition coefficient (Wildman–Crippen LogP) is 5.02. The smallest absolute Gasteiger partial charge is 0.234 e. The van der Waals surface area contributed by atoms with Crippen LogP contribution in [-0.2, 0) is 0 Å². The van der Waals surface area contributed by atoms with Crippen LogP contribution < -0.4 is 20.6 Å². The second-order valence-electron chi connectivity index (χ2n) is 8.29. The normalized spacial score (nSPS) is 17.5. The molecule has 7 nitrogen and oxygen atoms in total. The molecule has 0 amide bonds. The SMILES string of the molecule is Cl.N/C(=N\N=Cc1ccc(OC2CCCC2)cc1)NN=Cc1ccc(OC2CCCC2)cc1. The second kappa shape index (κ2) is 12.8. The van der Waals surface area contributed by atoms with Crippen molar-refractivity contribution >= 4 is 30.8 Å². The fourth-order valence-corrected chi connectivity index (χ4v) is 4.02. The third kappa shape index (κ3) is 8.09. The predicted molar refractivity (Wildman–Crippen MR) is 136 cm³/mol. The zero-order valence-corrected chi connectivity index (χ0v) is 19.5. The number of nitrogens with one attached hydrogen (secondary N) is 1. The number of nitrogens with zero attached hydrogens (tertiary/aromatic N) is 3. The molecule has 3 N–H and O–H groups in total. The second-order valence-corrected chi connectivity index (χ2v) is 8.29. The minimum absolute atomic E-state index is 0. The van der Waals surface area contributed by atoms with Gasteiger partial charge in [-0.25, -0.2) is 5.43 Å². The molecule has 8 heteroatoms. The van der Waals surface area contributed by atoms with E-state index in [2.05, 4.69) is 20.7 Å². The van der Waals surface area contributed by atoms with Crippen LogP contribution in [0.1, 0.15) is 62.5 Å². The van der Waals surface area contributed by atoms with Gasteiger partial charge in [-0.05, 0) is 111 Å². The lowest BCUT2D eigenvalue weighted by Gasteiger charge is -2.12. The van der Waals surface area contributed by atoms with Gasteiger partial charge < -0.3 is 15.2 Å². The van der Waals surface area contributed by atoms with E-state index in [-0.39, 0.29) is 18.4 Å². The summed E-state index contributed by atoms with van der Waals surface area (Å²) in [5.74, 6) is 1.90. The molecule has 0 unspecified atom stereocenters. The highest BCUT2D eigenvalue weighted by Gasteiger charge is 2.16. The lowest BCUT2D eigenvalue weighted by molar-refractivity contribution is 0.210. The number of rotatable bonds is 8. The summed E-state index contributed by atoms with van der Waals surface area (Å²) in [6.07, 6.45) is 13.6. The van der Waals surface area contributed by atoms with E-state index in [9.17, 15) is 0 Å². The van der Waals surface area contributed by atoms with Gasteiger partial charge in [-0.1, -0.05) is 0 Å². The minimum Gasteiger partial charge on any atom is -0.490 e. The molecular weight excluding hydrogens is 438 g/mol. The number of benzene rings is 2. The number of guanidine groups is 1. The van der Waals surface area contributed by atoms with E-state index < -0.39 is 0 Å². The zero-order valence-electron chi connectivity index (χ0n) is 18.7. The Morgan fingerprint density at radius 1 is 0.758 bits per heavy atom. The van der Waals surface area contributed by atoms with Crippen LogP contribution in [0.2, 0.25) is 0 Å². The fraction of sp³-hybridized carbons (Fsp3) is 0.400. The van der Waals surface area contributed by atoms with E-state index in [1.807, 2.05) is 48.5 Å². The highest BCUT2D eigenvalue weighted by atomic mass is 35.5. The molecule has 0 aromatic heterocycles. The van der Waals surface area contributed by atoms with Gasteiger partial charge in [0.15, 0.2) is 0 Å². The Balaban J connectivity index is 0.00000306. The van der Waals surface area contributed by atoms with Crippen molar-refractivity contribution in [3.05, 3.63) is 59.7 Å². The number of halogens is 1. The number of nitrogens with two attached hydrogens (primary N) is 1. The van der Waals surface area contributed by atoms with E-state index in [1.165, 1.54) is 25.7 Å². The number of hydrogen-bond donors (Lipinski definition) is 2. The first kappa shape index (κ1) is 24.6. The van der Waals surface area contributed by atoms with Crippen molar-refractivity contribution in [2.24, 2.45) is 21.0 Å². The van der Waals surface area contributed by atoms with E-state index in [1.54, 1.807) is 12.4 Å². The molecule has 2 aliphatic carbocycles. The average Bonchev–Trinajstić information content (AvgIpc) is 3.51. The van der Waals surface area contributed by atoms with Crippen LogP contribution in [0, 0.1) is 0 Å². The summed E-state index contributed by atoms with van der Waals surface area (Å²) in [5.41, 5.74) is 10.3. The highest BCUT2D eigenvalue weighted by Crippen LogP contribution is 2.25. The maximum Gasteiger partial charge on any atom is 0.234 e. The van der Waals surface area contributed by atoms with Crippen LogP contribution >= 0.6 is 12.4 Å². The molecule has 2 fully saturated rings. The Bertz CT molecular complexity index is 932. The summed E-state index contributed by atoms with van der Waals surface area (Å²) >= 11 is 0. The van der Waals surface area contributed by atoms with Crippen LogP contribution in [0.5, 0.6) is 11.5 Å². The average molecular weight is 470 g/mol. The summed E-state index contributed by atoms with van der Waals surface area (Å²) in [6.45, 7) is 0. The van der Waals surface area contributed by atoms with Crippen molar-refractivity contribution < 1.29 is 9.47 Å². The number of hydrazone groups is 1. The van der Waals surface area contributed by atoms with E-state index >= 15 is 0 Å². The quantitative estimate of drug-likeness (QED) is 0.322. The van der Waals surface area contributed by atoms with Crippen molar-refractivity contribution in [1.82, 2.24) is 5.43 Å². The minimum atomic E-state index is 0. The molecule has 176 valence electrons. The van der Waals surface area contributed by atoms with Gasteiger partial charge in [-0.3, -0.25) is 0 Å². The third-order valence-corrected chi connectivity index (χ3v) is 5.74. The molecule has 33 heavy (non-hydrogen) atoms. The van der Waals surface area contributed by atoms with Crippen LogP contribution in [0.15, 0.2) is 63.8 Å². The molecular formula is C25H32ClN5O2. The van der Waals surface area contributed by atoms with Gasteiger partial charge in [0, 0.05) is 0 Å². The Morgan fingerprint density at radius 2 is 1.21 bits per heavy atom. The largest absolute Gasteiger partial charge is 0.490 e. The molecule has 0 saturated heterocycles. The highest BCUT2D eigenvalue weighted by molar-refractivity contribution is 5.85. The van der Waals surface area contributed by atoms with Crippen molar-refractivity contribution in [2.75, 3.05) is 0 Å². The van der Waals surface area contributed by atoms with Crippen molar-refractivity contribution in [1.29, 1.82) is 0 Å². The van der Waals surface area contributed by atoms with Crippen LogP contribution in [0.25, 0.3) is 0 Å². The molecule has 0 heterocycles. The molecule has 0 aliphatic heterocycles. The first-order valence-corrected chi connectivity index (χ1v) is 11.4. The molecule has 4 rings (SSSR count). The van der Waals surface area contributed by atoms with Gasteiger partial charge in [-0.2, -0.15) is 10.2 Å². The van der Waals surface area contributed by atoms with Gasteiger partial charge in [0.05, 0.1) is 24.6 Å². The number of ether oxygens (including phenoxy) is 2. The molecule has 2 aliphatic rings. The zero-order chi connectivity index (χ0) is 22.0. The first-order chi connectivity index (χ1) is 15.7. The van der Waals surface area contributed by atoms with E-state index in [0.29, 0.717) is 12.2 Å². The topological polar surface area (TPSA) is 93.6 Å². The lowest BCUT2D eigenvalue weighted by Crippen LogP contribution is -2.26. The summed E-state index contributed by atoms with van der Waals surface area (Å²) < 4.78 is 11.9. The molecule has 2 saturated carbocycles. The molecule has 0 radical (unpaired) electrons. The van der Waals surface area contributed by atoms with Gasteiger partial charge in [0.25, 0.3) is 0 Å². The summed E-state index contributed by atoms with van der Waals surface area (Å²) in [4.78, 5) is 0. The maximum absolute atomic E-state index is 5.97. The van der Waals surface area contributed by atoms with Crippen molar-refractivity contribution in [2.45, 2.75) is 63.6 Å². The van der Waals surface area contributed by atoms with Gasteiger partial charge >= 0.3 is 0 Å². The van der Waals surface area contributed by atoms with Gasteiger partial charge in [0.1, 0.15) is 11.5 Å². The molecule has 2 aromatic carbocycles. The summed E-state index contributed by atoms with van der Waals surface area (Å²) in [7, 11) is 0. The number of hydrogen-bond acceptors (Lipinski definition) is 5. The van der Waals surface area contributed by atoms with E-state index in [0.717, 1.165) is 48.3 Å².